The van der Waals surface area contributed by atoms with Crippen LogP contribution < -0.4 is 21.1 Å². The Bertz CT molecular complexity index is 1120. The number of nitrogens with two attached hydrogens (primary N) is 1. The van der Waals surface area contributed by atoms with Gasteiger partial charge in [-0.2, -0.15) is 0 Å². The quantitative estimate of drug-likeness (QED) is 0.497. The second-order valence-electron chi connectivity index (χ2n) is 7.09. The van der Waals surface area contributed by atoms with Gasteiger partial charge in [0.2, 0.25) is 0 Å². The van der Waals surface area contributed by atoms with Gasteiger partial charge in [0.05, 0.1) is 24.2 Å². The second kappa shape index (κ2) is 9.88. The number of hydrogen-bond donors (Lipinski definition) is 3. The van der Waals surface area contributed by atoms with Crippen molar-refractivity contribution in [1.82, 2.24) is 15.3 Å². The average Bonchev–Trinajstić information content (AvgIpc) is 2.81. The molecule has 0 unspecified atom stereocenters. The lowest BCUT2D eigenvalue weighted by atomic mass is 10.1. The Balaban J connectivity index is 1.66. The normalized spacial score (nSPS) is 15.1. The molecule has 5 rings (SSSR count). The van der Waals surface area contributed by atoms with Crippen molar-refractivity contribution in [3.8, 4) is 17.0 Å². The summed E-state index contributed by atoms with van der Waals surface area (Å²) in [6.07, 6.45) is 2.17. The summed E-state index contributed by atoms with van der Waals surface area (Å²) >= 11 is 0. The Labute approximate surface area is 185 Å². The van der Waals surface area contributed by atoms with Crippen molar-refractivity contribution in [2.45, 2.75) is 6.42 Å². The Morgan fingerprint density at radius 2 is 1.69 bits per heavy atom. The third-order valence-corrected chi connectivity index (χ3v) is 4.83. The molecule has 3 aromatic rings. The van der Waals surface area contributed by atoms with Crippen LogP contribution in [0.3, 0.4) is 0 Å². The first kappa shape index (κ1) is 21.3. The molecule has 2 aromatic carbocycles. The fourth-order valence-electron chi connectivity index (χ4n) is 3.17. The lowest BCUT2D eigenvalue weighted by Gasteiger charge is -2.14. The van der Waals surface area contributed by atoms with E-state index in [1.165, 1.54) is 6.20 Å². The number of carbonyl (C=O) groups is 2. The van der Waals surface area contributed by atoms with Crippen LogP contribution in [-0.2, 0) is 4.74 Å². The molecule has 0 aliphatic carbocycles. The zero-order valence-electron chi connectivity index (χ0n) is 17.3. The van der Waals surface area contributed by atoms with Crippen LogP contribution in [0.5, 0.6) is 5.75 Å². The molecule has 9 nitrogen and oxygen atoms in total. The van der Waals surface area contributed by atoms with Gasteiger partial charge in [0, 0.05) is 24.3 Å². The van der Waals surface area contributed by atoms with Gasteiger partial charge in [-0.25, -0.2) is 9.97 Å². The minimum absolute atomic E-state index is 0.00291. The molecule has 2 aliphatic rings. The number of fused-ring (bicyclic) bond motifs is 11. The van der Waals surface area contributed by atoms with Gasteiger partial charge in [0.25, 0.3) is 11.8 Å². The predicted molar refractivity (Wildman–Crippen MR) is 120 cm³/mol. The SMILES string of the molecule is Nc1ncc2nc1C(=O)Nc1ccccc1OCCOCCCNC(=O)c1ccc-2cc1. The smallest absolute Gasteiger partial charge is 0.278 e. The van der Waals surface area contributed by atoms with Gasteiger partial charge in [-0.15, -0.1) is 0 Å². The molecule has 32 heavy (non-hydrogen) atoms. The highest BCUT2D eigenvalue weighted by molar-refractivity contribution is 6.06. The predicted octanol–water partition coefficient (Wildman–Crippen LogP) is 2.51. The molecule has 4 N–H and O–H groups in total. The Morgan fingerprint density at radius 3 is 2.53 bits per heavy atom. The Morgan fingerprint density at radius 1 is 0.906 bits per heavy atom. The van der Waals surface area contributed by atoms with E-state index in [1.54, 1.807) is 42.5 Å². The molecule has 0 saturated carbocycles. The van der Waals surface area contributed by atoms with Crippen LogP contribution in [0.25, 0.3) is 11.3 Å². The maximum Gasteiger partial charge on any atom is 0.278 e. The summed E-state index contributed by atoms with van der Waals surface area (Å²) in [6, 6.07) is 14.0. The summed E-state index contributed by atoms with van der Waals surface area (Å²) in [5.74, 6) is -0.163. The fourth-order valence-corrected chi connectivity index (χ4v) is 3.17. The van der Waals surface area contributed by atoms with Gasteiger partial charge in [-0.3, -0.25) is 9.59 Å². The maximum atomic E-state index is 12.9. The molecule has 164 valence electrons. The van der Waals surface area contributed by atoms with Crippen LogP contribution in [0.1, 0.15) is 27.3 Å². The van der Waals surface area contributed by atoms with Crippen molar-refractivity contribution in [2.75, 3.05) is 37.4 Å². The van der Waals surface area contributed by atoms with Crippen molar-refractivity contribution < 1.29 is 19.1 Å². The van der Waals surface area contributed by atoms with E-state index in [4.69, 9.17) is 15.2 Å². The van der Waals surface area contributed by atoms with Crippen LogP contribution in [-0.4, -0.2) is 48.1 Å². The number of para-hydroxylation sites is 2. The molecule has 2 aliphatic heterocycles. The lowest BCUT2D eigenvalue weighted by Crippen LogP contribution is -2.25. The van der Waals surface area contributed by atoms with Crippen LogP contribution in [0.15, 0.2) is 54.7 Å². The average molecular weight is 433 g/mol. The van der Waals surface area contributed by atoms with Gasteiger partial charge in [-0.05, 0) is 30.7 Å². The molecule has 3 heterocycles. The van der Waals surface area contributed by atoms with Crippen molar-refractivity contribution >= 4 is 23.3 Å². The molecule has 0 radical (unpaired) electrons. The minimum atomic E-state index is -0.505. The molecule has 1 aromatic heterocycles. The highest BCUT2D eigenvalue weighted by Crippen LogP contribution is 2.25. The van der Waals surface area contributed by atoms with Gasteiger partial charge in [-0.1, -0.05) is 24.3 Å². The maximum absolute atomic E-state index is 12.9. The summed E-state index contributed by atoms with van der Waals surface area (Å²) in [7, 11) is 0. The van der Waals surface area contributed by atoms with E-state index in [1.807, 2.05) is 6.07 Å². The highest BCUT2D eigenvalue weighted by Gasteiger charge is 2.17. The fraction of sp³-hybridized carbons (Fsp3) is 0.217. The van der Waals surface area contributed by atoms with E-state index in [0.717, 1.165) is 0 Å². The summed E-state index contributed by atoms with van der Waals surface area (Å²) in [5, 5.41) is 5.66. The van der Waals surface area contributed by atoms with Crippen LogP contribution in [0.2, 0.25) is 0 Å². The van der Waals surface area contributed by atoms with E-state index < -0.39 is 5.91 Å². The number of carbonyl (C=O) groups excluding carboxylic acids is 2. The zero-order chi connectivity index (χ0) is 22.3. The van der Waals surface area contributed by atoms with Crippen molar-refractivity contribution in [2.24, 2.45) is 0 Å². The first-order chi connectivity index (χ1) is 15.6. The third-order valence-electron chi connectivity index (χ3n) is 4.83. The first-order valence-corrected chi connectivity index (χ1v) is 10.2. The number of amides is 2. The van der Waals surface area contributed by atoms with E-state index in [0.29, 0.717) is 61.0 Å². The van der Waals surface area contributed by atoms with Crippen molar-refractivity contribution in [3.05, 3.63) is 66.0 Å². The topological polar surface area (TPSA) is 128 Å². The van der Waals surface area contributed by atoms with Crippen LogP contribution in [0, 0.1) is 0 Å². The molecule has 0 saturated heterocycles. The molecule has 2 amide bonds. The van der Waals surface area contributed by atoms with Gasteiger partial charge < -0.3 is 25.8 Å². The van der Waals surface area contributed by atoms with E-state index in [-0.39, 0.29) is 17.4 Å². The van der Waals surface area contributed by atoms with Crippen LogP contribution in [0.4, 0.5) is 11.5 Å². The summed E-state index contributed by atoms with van der Waals surface area (Å²) in [4.78, 5) is 33.7. The number of anilines is 2. The number of rotatable bonds is 0. The lowest BCUT2D eigenvalue weighted by molar-refractivity contribution is 0.0906. The molecular weight excluding hydrogens is 410 g/mol. The number of aromatic nitrogens is 2. The number of nitrogen functional groups attached to an aromatic ring is 1. The van der Waals surface area contributed by atoms with Crippen molar-refractivity contribution in [3.63, 3.8) is 0 Å². The highest BCUT2D eigenvalue weighted by atomic mass is 16.5. The van der Waals surface area contributed by atoms with Gasteiger partial charge >= 0.3 is 0 Å². The molecule has 4 bridgehead atoms. The van der Waals surface area contributed by atoms with Gasteiger partial charge in [0.15, 0.2) is 11.5 Å². The van der Waals surface area contributed by atoms with Gasteiger partial charge in [0.1, 0.15) is 12.4 Å². The Kier molecular flexibility index (Phi) is 6.57. The number of benzene rings is 2. The number of nitrogens with one attached hydrogen (secondary N) is 2. The van der Waals surface area contributed by atoms with Crippen molar-refractivity contribution in [1.29, 1.82) is 0 Å². The number of hydrogen-bond acceptors (Lipinski definition) is 7. The molecular formula is C23H23N5O4. The summed E-state index contributed by atoms with van der Waals surface area (Å²) < 4.78 is 11.3. The standard InChI is InChI=1S/C23H23N5O4/c24-21-20-23(30)28-17-4-1-2-5-19(17)32-13-12-31-11-3-10-25-22(29)16-8-6-15(7-9-16)18(27-20)14-26-21/h1-2,4-9,14H,3,10-13H2,(H2,24,26)(H,25,29)(H,28,30). The van der Waals surface area contributed by atoms with E-state index in [9.17, 15) is 9.59 Å². The molecule has 0 atom stereocenters. The summed E-state index contributed by atoms with van der Waals surface area (Å²) in [6.45, 7) is 1.68. The third kappa shape index (κ3) is 5.01. The molecule has 9 heteroatoms. The molecule has 0 spiro atoms. The number of ether oxygens (including phenoxy) is 2. The van der Waals surface area contributed by atoms with Crippen LogP contribution >= 0.6 is 0 Å². The first-order valence-electron chi connectivity index (χ1n) is 10.2. The summed E-state index contributed by atoms with van der Waals surface area (Å²) in [5.41, 5.74) is 8.11. The second-order valence-corrected chi connectivity index (χ2v) is 7.09. The van der Waals surface area contributed by atoms with E-state index >= 15 is 0 Å². The largest absolute Gasteiger partial charge is 0.489 e. The minimum Gasteiger partial charge on any atom is -0.489 e. The number of nitrogens with zero attached hydrogens (tertiary/aromatic N) is 2. The van der Waals surface area contributed by atoms with E-state index in [2.05, 4.69) is 20.6 Å². The zero-order valence-corrected chi connectivity index (χ0v) is 17.3. The monoisotopic (exact) mass is 433 g/mol. The molecule has 0 fully saturated rings. The Hall–Kier alpha value is -3.98.